The third kappa shape index (κ3) is 3.16. The highest BCUT2D eigenvalue weighted by Gasteiger charge is 2.52. The topological polar surface area (TPSA) is 109 Å². The van der Waals surface area contributed by atoms with Crippen molar-refractivity contribution in [3.63, 3.8) is 0 Å². The number of piperazine rings is 1. The molecule has 2 saturated heterocycles. The molecule has 152 valence electrons. The molecule has 0 bridgehead atoms. The molecule has 0 saturated carbocycles. The Bertz CT molecular complexity index is 966. The molecule has 0 spiro atoms. The molecule has 3 aliphatic heterocycles. The Kier molecular flexibility index (Phi) is 4.61. The van der Waals surface area contributed by atoms with E-state index in [0.29, 0.717) is 12.7 Å². The number of fused-ring (bicyclic) bond motifs is 2. The van der Waals surface area contributed by atoms with Crippen molar-refractivity contribution in [1.82, 2.24) is 20.1 Å². The summed E-state index contributed by atoms with van der Waals surface area (Å²) in [6, 6.07) is -0.929. The molecule has 4 rings (SSSR count). The van der Waals surface area contributed by atoms with E-state index >= 15 is 0 Å². The number of nitrogens with zero attached hydrogens (tertiary/aromatic N) is 3. The Labute approximate surface area is 163 Å². The van der Waals surface area contributed by atoms with Crippen LogP contribution in [0.1, 0.15) is 12.6 Å². The van der Waals surface area contributed by atoms with Gasteiger partial charge in [0.1, 0.15) is 23.4 Å². The van der Waals surface area contributed by atoms with Crippen LogP contribution in [0.3, 0.4) is 0 Å². The second kappa shape index (κ2) is 6.99. The van der Waals surface area contributed by atoms with E-state index in [9.17, 15) is 28.0 Å². The lowest BCUT2D eigenvalue weighted by atomic mass is 9.93. The summed E-state index contributed by atoms with van der Waals surface area (Å²) in [6.07, 6.45) is 1.37. The van der Waals surface area contributed by atoms with E-state index in [4.69, 9.17) is 4.74 Å². The number of pyridine rings is 1. The van der Waals surface area contributed by atoms with Gasteiger partial charge in [0.05, 0.1) is 37.6 Å². The van der Waals surface area contributed by atoms with Crippen LogP contribution in [0.2, 0.25) is 0 Å². The van der Waals surface area contributed by atoms with Crippen LogP contribution < -0.4 is 5.32 Å². The van der Waals surface area contributed by atoms with E-state index in [1.807, 2.05) is 0 Å². The van der Waals surface area contributed by atoms with Gasteiger partial charge in [-0.05, 0) is 6.92 Å². The highest BCUT2D eigenvalue weighted by atomic mass is 19.1. The van der Waals surface area contributed by atoms with Crippen LogP contribution in [0.25, 0.3) is 0 Å². The Hall–Kier alpha value is -3.21. The van der Waals surface area contributed by atoms with Crippen LogP contribution >= 0.6 is 0 Å². The number of hydrogen-bond acceptors (Lipinski definition) is 7. The fraction of sp³-hybridized carbons (Fsp3) is 0.389. The number of ketones is 2. The van der Waals surface area contributed by atoms with Crippen LogP contribution in [0.15, 0.2) is 24.0 Å². The van der Waals surface area contributed by atoms with Gasteiger partial charge in [0.15, 0.2) is 6.04 Å². The van der Waals surface area contributed by atoms with Crippen molar-refractivity contribution in [3.8, 4) is 0 Å². The molecule has 0 radical (unpaired) electrons. The van der Waals surface area contributed by atoms with Crippen LogP contribution in [0, 0.1) is 11.6 Å². The molecule has 1 aromatic heterocycles. The van der Waals surface area contributed by atoms with Gasteiger partial charge in [-0.25, -0.2) is 8.78 Å². The highest BCUT2D eigenvalue weighted by molar-refractivity contribution is 6.53. The van der Waals surface area contributed by atoms with Gasteiger partial charge in [0, 0.05) is 12.3 Å². The van der Waals surface area contributed by atoms with Crippen molar-refractivity contribution in [2.24, 2.45) is 0 Å². The molecule has 4 heterocycles. The van der Waals surface area contributed by atoms with Crippen LogP contribution in [-0.4, -0.2) is 69.6 Å². The fourth-order valence-electron chi connectivity index (χ4n) is 3.63. The van der Waals surface area contributed by atoms with Crippen molar-refractivity contribution in [1.29, 1.82) is 0 Å². The molecular formula is C18H16F2N4O5. The Balaban J connectivity index is 1.53. The highest BCUT2D eigenvalue weighted by Crippen LogP contribution is 2.29. The average molecular weight is 406 g/mol. The first-order chi connectivity index (χ1) is 13.8. The first-order valence-corrected chi connectivity index (χ1v) is 8.86. The average Bonchev–Trinajstić information content (AvgIpc) is 3.04. The molecule has 0 aliphatic carbocycles. The molecule has 1 unspecified atom stereocenters. The summed E-state index contributed by atoms with van der Waals surface area (Å²) in [6.45, 7) is 1.81. The minimum Gasteiger partial charge on any atom is -0.354 e. The monoisotopic (exact) mass is 406 g/mol. The van der Waals surface area contributed by atoms with Crippen molar-refractivity contribution < 1.29 is 32.7 Å². The maximum Gasteiger partial charge on any atom is 0.257 e. The van der Waals surface area contributed by atoms with Crippen LogP contribution in [0.4, 0.5) is 8.78 Å². The molecule has 9 nitrogen and oxygen atoms in total. The first-order valence-electron chi connectivity index (χ1n) is 8.86. The molecule has 0 aromatic carbocycles. The van der Waals surface area contributed by atoms with Crippen molar-refractivity contribution in [3.05, 3.63) is 41.4 Å². The molecule has 29 heavy (non-hydrogen) atoms. The quantitative estimate of drug-likeness (QED) is 0.400. The van der Waals surface area contributed by atoms with Crippen molar-refractivity contribution in [2.45, 2.75) is 31.8 Å². The zero-order valence-corrected chi connectivity index (χ0v) is 15.2. The lowest BCUT2D eigenvalue weighted by Gasteiger charge is -2.43. The molecule has 2 amide bonds. The number of halogens is 2. The maximum atomic E-state index is 13.6. The number of nitrogens with one attached hydrogen (secondary N) is 1. The number of hydrogen-bond donors (Lipinski definition) is 1. The summed E-state index contributed by atoms with van der Waals surface area (Å²) >= 11 is 0. The molecule has 11 heteroatoms. The predicted octanol–water partition coefficient (Wildman–Crippen LogP) is -0.731. The summed E-state index contributed by atoms with van der Waals surface area (Å²) in [5.41, 5.74) is -0.703. The summed E-state index contributed by atoms with van der Waals surface area (Å²) in [5, 5.41) is 2.28. The summed E-state index contributed by atoms with van der Waals surface area (Å²) in [4.78, 5) is 56.3. The van der Waals surface area contributed by atoms with E-state index in [1.54, 1.807) is 6.92 Å². The van der Waals surface area contributed by atoms with Crippen molar-refractivity contribution in [2.75, 3.05) is 13.2 Å². The molecule has 1 N–H and O–H groups in total. The number of Topliss-reactive ketones (excluding diaryl/α,β-unsaturated/α-hetero) is 2. The number of ether oxygens (including phenoxy) is 1. The van der Waals surface area contributed by atoms with E-state index < -0.39 is 59.4 Å². The van der Waals surface area contributed by atoms with E-state index in [0.717, 1.165) is 12.4 Å². The third-order valence-electron chi connectivity index (χ3n) is 5.06. The molecule has 3 atom stereocenters. The second-order valence-electron chi connectivity index (χ2n) is 6.98. The van der Waals surface area contributed by atoms with Gasteiger partial charge in [-0.15, -0.1) is 0 Å². The van der Waals surface area contributed by atoms with Gasteiger partial charge >= 0.3 is 0 Å². The lowest BCUT2D eigenvalue weighted by molar-refractivity contribution is -0.159. The minimum atomic E-state index is -1.32. The zero-order valence-electron chi connectivity index (χ0n) is 15.2. The number of carbonyl (C=O) groups is 4. The summed E-state index contributed by atoms with van der Waals surface area (Å²) in [5.74, 6) is -5.41. The Morgan fingerprint density at radius 1 is 1.34 bits per heavy atom. The van der Waals surface area contributed by atoms with Crippen LogP contribution in [0.5, 0.6) is 0 Å². The van der Waals surface area contributed by atoms with E-state index in [1.165, 1.54) is 9.80 Å². The van der Waals surface area contributed by atoms with Crippen molar-refractivity contribution >= 4 is 23.4 Å². The van der Waals surface area contributed by atoms with Gasteiger partial charge in [0.2, 0.25) is 11.6 Å². The fourth-order valence-corrected chi connectivity index (χ4v) is 3.63. The molecule has 1 aromatic rings. The largest absolute Gasteiger partial charge is 0.354 e. The lowest BCUT2D eigenvalue weighted by Crippen LogP contribution is -2.65. The minimum absolute atomic E-state index is 0.130. The number of rotatable bonds is 3. The normalized spacial score (nSPS) is 26.2. The maximum absolute atomic E-state index is 13.6. The third-order valence-corrected chi connectivity index (χ3v) is 5.06. The second-order valence-corrected chi connectivity index (χ2v) is 6.98. The van der Waals surface area contributed by atoms with Crippen LogP contribution in [-0.2, 0) is 30.5 Å². The number of carbonyl (C=O) groups excluding carboxylic acids is 4. The summed E-state index contributed by atoms with van der Waals surface area (Å²) < 4.78 is 32.1. The predicted molar refractivity (Wildman–Crippen MR) is 90.6 cm³/mol. The van der Waals surface area contributed by atoms with E-state index in [2.05, 4.69) is 10.3 Å². The first kappa shape index (κ1) is 19.1. The number of amides is 2. The van der Waals surface area contributed by atoms with Gasteiger partial charge in [0.25, 0.3) is 11.8 Å². The zero-order chi connectivity index (χ0) is 20.9. The Morgan fingerprint density at radius 2 is 2.10 bits per heavy atom. The van der Waals surface area contributed by atoms with E-state index in [-0.39, 0.29) is 18.3 Å². The molecule has 2 fully saturated rings. The number of aromatic nitrogens is 1. The SMILES string of the molecule is C[C@H]1CO[C@@H]2CN3C=C(C(=O)NCc4ncc(F)cc4F)C(=O)C(=O)C3C(=O)N12. The summed E-state index contributed by atoms with van der Waals surface area (Å²) in [7, 11) is 0. The smallest absolute Gasteiger partial charge is 0.257 e. The molecular weight excluding hydrogens is 390 g/mol. The Morgan fingerprint density at radius 3 is 2.83 bits per heavy atom. The van der Waals surface area contributed by atoms with Gasteiger partial charge in [-0.3, -0.25) is 24.2 Å². The van der Waals surface area contributed by atoms with Gasteiger partial charge in [-0.1, -0.05) is 0 Å². The van der Waals surface area contributed by atoms with Gasteiger partial charge in [-0.2, -0.15) is 0 Å². The molecule has 3 aliphatic rings. The standard InChI is InChI=1S/C18H16F2N4O5/c1-8-7-29-13-6-23-5-10(15(25)16(26)14(23)18(28)24(8)13)17(27)22-4-12-11(20)2-9(19)3-21-12/h2-3,5,8,13-14H,4,6-7H2,1H3,(H,22,27)/t8-,13+,14?/m0/s1. The van der Waals surface area contributed by atoms with Gasteiger partial charge < -0.3 is 19.9 Å².